The van der Waals surface area contributed by atoms with E-state index >= 15 is 0 Å². The van der Waals surface area contributed by atoms with Gasteiger partial charge in [-0.3, -0.25) is 0 Å². The molecule has 1 aromatic heterocycles. The summed E-state index contributed by atoms with van der Waals surface area (Å²) in [7, 11) is 0. The molecule has 0 amide bonds. The third-order valence-corrected chi connectivity index (χ3v) is 2.99. The van der Waals surface area contributed by atoms with E-state index in [1.54, 1.807) is 11.3 Å². The van der Waals surface area contributed by atoms with Gasteiger partial charge < -0.3 is 9.47 Å². The summed E-state index contributed by atoms with van der Waals surface area (Å²) in [6.45, 7) is 3.47. The molecular weight excluding hydrogens is 172 g/mol. The van der Waals surface area contributed by atoms with Crippen LogP contribution in [0.2, 0.25) is 0 Å². The molecule has 0 bridgehead atoms. The van der Waals surface area contributed by atoms with E-state index in [9.17, 15) is 0 Å². The first-order valence-electron chi connectivity index (χ1n) is 4.12. The first-order valence-corrected chi connectivity index (χ1v) is 4.93. The summed E-state index contributed by atoms with van der Waals surface area (Å²) >= 11 is 1.57. The molecule has 2 rings (SSSR count). The number of rotatable bonds is 2. The van der Waals surface area contributed by atoms with Crippen LogP contribution >= 0.6 is 11.3 Å². The first kappa shape index (κ1) is 8.23. The van der Waals surface area contributed by atoms with Gasteiger partial charge in [-0.1, -0.05) is 6.92 Å². The maximum absolute atomic E-state index is 5.60. The molecule has 2 heterocycles. The van der Waals surface area contributed by atoms with Crippen LogP contribution in [0.15, 0.2) is 12.1 Å². The van der Waals surface area contributed by atoms with Crippen LogP contribution in [0.1, 0.15) is 18.2 Å². The summed E-state index contributed by atoms with van der Waals surface area (Å²) in [5.74, 6) is -0.454. The number of hydrogen-bond acceptors (Lipinski definition) is 3. The quantitative estimate of drug-likeness (QED) is 0.699. The van der Waals surface area contributed by atoms with Crippen LogP contribution < -0.4 is 0 Å². The zero-order valence-corrected chi connectivity index (χ0v) is 7.82. The van der Waals surface area contributed by atoms with E-state index in [0.717, 1.165) is 11.3 Å². The largest absolute Gasteiger partial charge is 0.343 e. The van der Waals surface area contributed by atoms with Gasteiger partial charge in [-0.2, -0.15) is 0 Å². The van der Waals surface area contributed by atoms with E-state index in [2.05, 4.69) is 12.3 Å². The molecule has 65 valence electrons. The van der Waals surface area contributed by atoms with Crippen LogP contribution in [-0.2, 0) is 15.3 Å². The Bertz CT molecular complexity index is 237. The SMILES string of the molecule is CCC1(c2cc[c]s2)OCCO1. The third kappa shape index (κ3) is 1.18. The number of thiophene rings is 1. The molecule has 1 aromatic rings. The van der Waals surface area contributed by atoms with Crippen molar-refractivity contribution >= 4 is 11.3 Å². The molecular formula is C9H11O2S. The Labute approximate surface area is 76.1 Å². The summed E-state index contributed by atoms with van der Waals surface area (Å²) < 4.78 is 11.2. The summed E-state index contributed by atoms with van der Waals surface area (Å²) in [5.41, 5.74) is 0. The van der Waals surface area contributed by atoms with Gasteiger partial charge in [0, 0.05) is 11.8 Å². The lowest BCUT2D eigenvalue weighted by Gasteiger charge is -2.23. The van der Waals surface area contributed by atoms with Gasteiger partial charge in [0.25, 0.3) is 0 Å². The maximum Gasteiger partial charge on any atom is 0.204 e. The van der Waals surface area contributed by atoms with Crippen molar-refractivity contribution in [2.75, 3.05) is 13.2 Å². The fraction of sp³-hybridized carbons (Fsp3) is 0.556. The van der Waals surface area contributed by atoms with Gasteiger partial charge in [-0.05, 0) is 12.1 Å². The average molecular weight is 183 g/mol. The average Bonchev–Trinajstić information content (AvgIpc) is 2.76. The van der Waals surface area contributed by atoms with Crippen LogP contribution in [0, 0.1) is 5.38 Å². The van der Waals surface area contributed by atoms with Gasteiger partial charge in [0.05, 0.1) is 18.1 Å². The molecule has 1 fully saturated rings. The van der Waals surface area contributed by atoms with Crippen LogP contribution in [0.5, 0.6) is 0 Å². The van der Waals surface area contributed by atoms with E-state index in [4.69, 9.17) is 9.47 Å². The third-order valence-electron chi connectivity index (χ3n) is 2.07. The number of ether oxygens (including phenoxy) is 2. The van der Waals surface area contributed by atoms with Crippen molar-refractivity contribution in [3.8, 4) is 0 Å². The van der Waals surface area contributed by atoms with Crippen molar-refractivity contribution in [2.24, 2.45) is 0 Å². The van der Waals surface area contributed by atoms with Crippen LogP contribution in [0.25, 0.3) is 0 Å². The molecule has 2 nitrogen and oxygen atoms in total. The molecule has 0 N–H and O–H groups in total. The van der Waals surface area contributed by atoms with Gasteiger partial charge >= 0.3 is 0 Å². The van der Waals surface area contributed by atoms with Crippen molar-refractivity contribution in [1.82, 2.24) is 0 Å². The predicted molar refractivity (Wildman–Crippen MR) is 47.0 cm³/mol. The Hall–Kier alpha value is -0.380. The van der Waals surface area contributed by atoms with E-state index in [1.807, 2.05) is 12.1 Å². The Morgan fingerprint density at radius 1 is 1.58 bits per heavy atom. The van der Waals surface area contributed by atoms with E-state index in [1.165, 1.54) is 0 Å². The Morgan fingerprint density at radius 3 is 2.83 bits per heavy atom. The highest BCUT2D eigenvalue weighted by Gasteiger charge is 2.37. The number of hydrogen-bond donors (Lipinski definition) is 0. The summed E-state index contributed by atoms with van der Waals surface area (Å²) in [6, 6.07) is 3.92. The Kier molecular flexibility index (Phi) is 2.17. The molecule has 0 saturated carbocycles. The standard InChI is InChI=1S/C9H11O2S/c1-2-9(10-5-6-11-9)8-4-3-7-12-8/h3-4H,2,5-6H2,1H3. The van der Waals surface area contributed by atoms with Crippen molar-refractivity contribution in [3.05, 3.63) is 22.4 Å². The highest BCUT2D eigenvalue weighted by Crippen LogP contribution is 2.36. The minimum Gasteiger partial charge on any atom is -0.343 e. The second-order valence-electron chi connectivity index (χ2n) is 2.72. The maximum atomic E-state index is 5.60. The highest BCUT2D eigenvalue weighted by atomic mass is 32.1. The summed E-state index contributed by atoms with van der Waals surface area (Å²) in [4.78, 5) is 1.13. The summed E-state index contributed by atoms with van der Waals surface area (Å²) in [6.07, 6.45) is 0.862. The molecule has 0 atom stereocenters. The topological polar surface area (TPSA) is 18.5 Å². The molecule has 0 aliphatic carbocycles. The Balaban J connectivity index is 2.28. The van der Waals surface area contributed by atoms with E-state index < -0.39 is 5.79 Å². The van der Waals surface area contributed by atoms with Gasteiger partial charge in [0.15, 0.2) is 0 Å². The molecule has 0 spiro atoms. The molecule has 12 heavy (non-hydrogen) atoms. The molecule has 3 heteroatoms. The van der Waals surface area contributed by atoms with Crippen molar-refractivity contribution in [2.45, 2.75) is 19.1 Å². The lowest BCUT2D eigenvalue weighted by molar-refractivity contribution is -0.164. The zero-order valence-electron chi connectivity index (χ0n) is 7.00. The first-order chi connectivity index (χ1) is 5.87. The molecule has 1 aliphatic heterocycles. The molecule has 0 aromatic carbocycles. The normalized spacial score (nSPS) is 21.4. The van der Waals surface area contributed by atoms with Crippen LogP contribution in [0.3, 0.4) is 0 Å². The van der Waals surface area contributed by atoms with Gasteiger partial charge in [-0.15, -0.1) is 11.3 Å². The van der Waals surface area contributed by atoms with Gasteiger partial charge in [0.2, 0.25) is 5.79 Å². The minimum atomic E-state index is -0.454. The van der Waals surface area contributed by atoms with E-state index in [0.29, 0.717) is 13.2 Å². The second-order valence-corrected chi connectivity index (χ2v) is 3.60. The lowest BCUT2D eigenvalue weighted by Crippen LogP contribution is -2.24. The second kappa shape index (κ2) is 3.17. The van der Waals surface area contributed by atoms with Gasteiger partial charge in [0.1, 0.15) is 0 Å². The van der Waals surface area contributed by atoms with E-state index in [-0.39, 0.29) is 0 Å². The zero-order chi connectivity index (χ0) is 8.44. The van der Waals surface area contributed by atoms with Crippen LogP contribution in [0.4, 0.5) is 0 Å². The fourth-order valence-electron chi connectivity index (χ4n) is 1.42. The smallest absolute Gasteiger partial charge is 0.204 e. The fourth-order valence-corrected chi connectivity index (χ4v) is 2.24. The summed E-state index contributed by atoms with van der Waals surface area (Å²) in [5, 5.41) is 3.05. The lowest BCUT2D eigenvalue weighted by atomic mass is 10.2. The predicted octanol–water partition coefficient (Wildman–Crippen LogP) is 2.16. The molecule has 0 unspecified atom stereocenters. The highest BCUT2D eigenvalue weighted by molar-refractivity contribution is 7.09. The van der Waals surface area contributed by atoms with Crippen molar-refractivity contribution < 1.29 is 9.47 Å². The molecule has 1 radical (unpaired) electrons. The van der Waals surface area contributed by atoms with Crippen molar-refractivity contribution in [1.29, 1.82) is 0 Å². The Morgan fingerprint density at radius 2 is 2.33 bits per heavy atom. The minimum absolute atomic E-state index is 0.454. The monoisotopic (exact) mass is 183 g/mol. The van der Waals surface area contributed by atoms with Gasteiger partial charge in [-0.25, -0.2) is 0 Å². The molecule has 1 saturated heterocycles. The van der Waals surface area contributed by atoms with Crippen LogP contribution in [-0.4, -0.2) is 13.2 Å². The van der Waals surface area contributed by atoms with Crippen molar-refractivity contribution in [3.63, 3.8) is 0 Å². The molecule has 1 aliphatic rings.